The predicted octanol–water partition coefficient (Wildman–Crippen LogP) is 5.13. The average Bonchev–Trinajstić information content (AvgIpc) is 2.98. The molecule has 1 aliphatic heterocycles. The number of hydrogen-bond donors (Lipinski definition) is 1. The van der Waals surface area contributed by atoms with Crippen LogP contribution < -0.4 is 0 Å². The zero-order chi connectivity index (χ0) is 20.7. The molecule has 1 aromatic carbocycles. The highest BCUT2D eigenvalue weighted by atomic mass is 79.9. The fraction of sp³-hybridized carbons (Fsp3) is 0.263. The van der Waals surface area contributed by atoms with E-state index in [4.69, 9.17) is 27.9 Å². The molecule has 1 saturated heterocycles. The lowest BCUT2D eigenvalue weighted by Crippen LogP contribution is -2.45. The van der Waals surface area contributed by atoms with Crippen LogP contribution in [0.4, 0.5) is 9.18 Å². The highest BCUT2D eigenvalue weighted by molar-refractivity contribution is 9.10. The molecule has 3 heterocycles. The van der Waals surface area contributed by atoms with Crippen LogP contribution in [0.2, 0.25) is 10.0 Å². The summed E-state index contributed by atoms with van der Waals surface area (Å²) in [5, 5.41) is 9.99. The molecule has 4 rings (SSSR count). The van der Waals surface area contributed by atoms with E-state index in [1.165, 1.54) is 11.0 Å². The molecule has 0 saturated carbocycles. The molecule has 3 aromatic rings. The van der Waals surface area contributed by atoms with E-state index >= 15 is 0 Å². The van der Waals surface area contributed by atoms with Gasteiger partial charge in [-0.3, -0.25) is 0 Å². The summed E-state index contributed by atoms with van der Waals surface area (Å²) in [7, 11) is 0. The third-order valence-electron chi connectivity index (χ3n) is 4.76. The first-order chi connectivity index (χ1) is 13.8. The molecule has 1 atom stereocenters. The molecule has 0 unspecified atom stereocenters. The van der Waals surface area contributed by atoms with E-state index in [0.29, 0.717) is 46.1 Å². The number of aromatic nitrogens is 2. The van der Waals surface area contributed by atoms with Crippen LogP contribution in [-0.4, -0.2) is 51.3 Å². The Labute approximate surface area is 183 Å². The van der Waals surface area contributed by atoms with Gasteiger partial charge in [0.05, 0.1) is 41.2 Å². The van der Waals surface area contributed by atoms with Crippen molar-refractivity contribution in [1.82, 2.24) is 14.3 Å². The summed E-state index contributed by atoms with van der Waals surface area (Å²) < 4.78 is 22.9. The van der Waals surface area contributed by atoms with Crippen LogP contribution in [0.3, 0.4) is 0 Å². The number of halogens is 4. The zero-order valence-corrected chi connectivity index (χ0v) is 18.0. The number of carboxylic acid groups (broad SMARTS) is 1. The summed E-state index contributed by atoms with van der Waals surface area (Å²) in [4.78, 5) is 17.2. The molecule has 1 N–H and O–H groups in total. The van der Waals surface area contributed by atoms with Gasteiger partial charge in [0.1, 0.15) is 11.5 Å². The Kier molecular flexibility index (Phi) is 5.70. The Bertz CT molecular complexity index is 1080. The van der Waals surface area contributed by atoms with Crippen molar-refractivity contribution in [3.05, 3.63) is 56.5 Å². The summed E-state index contributed by atoms with van der Waals surface area (Å²) in [6.45, 7) is 0.822. The zero-order valence-electron chi connectivity index (χ0n) is 14.9. The maximum Gasteiger partial charge on any atom is 0.407 e. The van der Waals surface area contributed by atoms with E-state index in [9.17, 15) is 14.3 Å². The average molecular weight is 503 g/mol. The van der Waals surface area contributed by atoms with Crippen molar-refractivity contribution >= 4 is 50.9 Å². The predicted molar refractivity (Wildman–Crippen MR) is 111 cm³/mol. The highest BCUT2D eigenvalue weighted by Gasteiger charge is 2.28. The molecule has 10 heteroatoms. The number of carbonyl (C=O) groups is 1. The summed E-state index contributed by atoms with van der Waals surface area (Å²) in [6, 6.07) is 6.30. The fourth-order valence-electron chi connectivity index (χ4n) is 3.47. The molecule has 0 radical (unpaired) electrons. The van der Waals surface area contributed by atoms with Gasteiger partial charge in [-0.25, -0.2) is 14.2 Å². The molecule has 152 valence electrons. The van der Waals surface area contributed by atoms with Crippen molar-refractivity contribution in [3.63, 3.8) is 0 Å². The first kappa shape index (κ1) is 20.4. The molecule has 0 bridgehead atoms. The fourth-order valence-corrected chi connectivity index (χ4v) is 4.48. The van der Waals surface area contributed by atoms with E-state index in [1.54, 1.807) is 28.8 Å². The lowest BCUT2D eigenvalue weighted by molar-refractivity contribution is -0.0214. The third-order valence-corrected chi connectivity index (χ3v) is 5.75. The SMILES string of the molecule is O=C(O)N1CCO[C@@H](Cc2c(-c3c(F)cc(Br)cc3Cl)nc3cc(Cl)ccn23)C1. The van der Waals surface area contributed by atoms with Crippen molar-refractivity contribution in [3.8, 4) is 11.3 Å². The first-order valence-electron chi connectivity index (χ1n) is 8.74. The second kappa shape index (κ2) is 8.10. The van der Waals surface area contributed by atoms with Crippen molar-refractivity contribution < 1.29 is 19.0 Å². The maximum atomic E-state index is 14.8. The number of nitrogens with zero attached hydrogens (tertiary/aromatic N) is 3. The minimum absolute atomic E-state index is 0.176. The van der Waals surface area contributed by atoms with Gasteiger partial charge in [-0.1, -0.05) is 39.1 Å². The molecule has 1 amide bonds. The normalized spacial score (nSPS) is 17.1. The van der Waals surface area contributed by atoms with Crippen LogP contribution >= 0.6 is 39.1 Å². The number of ether oxygens (including phenoxy) is 1. The van der Waals surface area contributed by atoms with Crippen LogP contribution in [0, 0.1) is 5.82 Å². The number of hydrogen-bond acceptors (Lipinski definition) is 3. The molecule has 6 nitrogen and oxygen atoms in total. The summed E-state index contributed by atoms with van der Waals surface area (Å²) in [5.41, 5.74) is 1.75. The van der Waals surface area contributed by atoms with Crippen LogP contribution in [-0.2, 0) is 11.2 Å². The first-order valence-corrected chi connectivity index (χ1v) is 10.3. The molecular weight excluding hydrogens is 488 g/mol. The van der Waals surface area contributed by atoms with Crippen LogP contribution in [0.15, 0.2) is 34.9 Å². The van der Waals surface area contributed by atoms with E-state index in [-0.39, 0.29) is 17.1 Å². The Morgan fingerprint density at radius 3 is 2.90 bits per heavy atom. The van der Waals surface area contributed by atoms with E-state index in [0.717, 1.165) is 0 Å². The maximum absolute atomic E-state index is 14.8. The van der Waals surface area contributed by atoms with E-state index in [2.05, 4.69) is 20.9 Å². The topological polar surface area (TPSA) is 67.1 Å². The smallest absolute Gasteiger partial charge is 0.407 e. The number of imidazole rings is 1. The Balaban J connectivity index is 1.82. The summed E-state index contributed by atoms with van der Waals surface area (Å²) >= 11 is 15.7. The van der Waals surface area contributed by atoms with Gasteiger partial charge in [-0.2, -0.15) is 0 Å². The monoisotopic (exact) mass is 501 g/mol. The number of morpholine rings is 1. The van der Waals surface area contributed by atoms with Crippen molar-refractivity contribution in [2.45, 2.75) is 12.5 Å². The summed E-state index contributed by atoms with van der Waals surface area (Å²) in [6.07, 6.45) is 0.677. The van der Waals surface area contributed by atoms with Crippen LogP contribution in [0.1, 0.15) is 5.69 Å². The standard InChI is InChI=1S/C19H15BrCl2FN3O3/c20-10-5-13(22)17(14(23)6-10)18-15(26-2-1-11(21)7-16(26)24-18)8-12-9-25(19(27)28)3-4-29-12/h1-2,5-7,12H,3-4,8-9H2,(H,27,28)/t12-/m0/s1. The van der Waals surface area contributed by atoms with E-state index in [1.807, 2.05) is 0 Å². The van der Waals surface area contributed by atoms with Crippen molar-refractivity contribution in [1.29, 1.82) is 0 Å². The van der Waals surface area contributed by atoms with Gasteiger partial charge in [-0.15, -0.1) is 0 Å². The molecule has 29 heavy (non-hydrogen) atoms. The largest absolute Gasteiger partial charge is 0.465 e. The van der Waals surface area contributed by atoms with Gasteiger partial charge in [-0.05, 0) is 18.2 Å². The van der Waals surface area contributed by atoms with E-state index < -0.39 is 18.0 Å². The van der Waals surface area contributed by atoms with Crippen LogP contribution in [0.25, 0.3) is 16.9 Å². The number of pyridine rings is 1. The van der Waals surface area contributed by atoms with Gasteiger partial charge in [0, 0.05) is 34.7 Å². The van der Waals surface area contributed by atoms with Gasteiger partial charge in [0.2, 0.25) is 0 Å². The number of benzene rings is 1. The number of rotatable bonds is 3. The Morgan fingerprint density at radius 2 is 2.17 bits per heavy atom. The van der Waals surface area contributed by atoms with Gasteiger partial charge < -0.3 is 19.1 Å². The quantitative estimate of drug-likeness (QED) is 0.539. The van der Waals surface area contributed by atoms with Crippen molar-refractivity contribution in [2.75, 3.05) is 19.7 Å². The van der Waals surface area contributed by atoms with Crippen molar-refractivity contribution in [2.24, 2.45) is 0 Å². The molecular formula is C19H15BrCl2FN3O3. The number of amides is 1. The Morgan fingerprint density at radius 1 is 1.38 bits per heavy atom. The molecule has 1 aliphatic rings. The molecule has 0 spiro atoms. The van der Waals surface area contributed by atoms with Crippen LogP contribution in [0.5, 0.6) is 0 Å². The summed E-state index contributed by atoms with van der Waals surface area (Å²) in [5.74, 6) is -0.517. The van der Waals surface area contributed by atoms with Gasteiger partial charge in [0.25, 0.3) is 0 Å². The number of fused-ring (bicyclic) bond motifs is 1. The minimum Gasteiger partial charge on any atom is -0.465 e. The third kappa shape index (κ3) is 4.07. The molecule has 0 aliphatic carbocycles. The molecule has 2 aromatic heterocycles. The molecule has 1 fully saturated rings. The minimum atomic E-state index is -0.995. The highest BCUT2D eigenvalue weighted by Crippen LogP contribution is 2.36. The Hall–Kier alpha value is -1.87. The van der Waals surface area contributed by atoms with Gasteiger partial charge in [0.15, 0.2) is 0 Å². The second-order valence-electron chi connectivity index (χ2n) is 6.65. The van der Waals surface area contributed by atoms with Gasteiger partial charge >= 0.3 is 6.09 Å². The lowest BCUT2D eigenvalue weighted by Gasteiger charge is -2.31. The lowest BCUT2D eigenvalue weighted by atomic mass is 10.0. The second-order valence-corrected chi connectivity index (χ2v) is 8.41.